The predicted molar refractivity (Wildman–Crippen MR) is 57.0 cm³/mol. The lowest BCUT2D eigenvalue weighted by atomic mass is 9.64. The molecule has 4 aliphatic rings. The molecule has 100 valence electrons. The molecule has 6 unspecified atom stereocenters. The lowest BCUT2D eigenvalue weighted by Gasteiger charge is -2.40. The molecule has 6 nitrogen and oxygen atoms in total. The van der Waals surface area contributed by atoms with Gasteiger partial charge in [-0.3, -0.25) is 19.2 Å². The van der Waals surface area contributed by atoms with Gasteiger partial charge in [-0.2, -0.15) is 0 Å². The Balaban J connectivity index is 1.76. The van der Waals surface area contributed by atoms with Gasteiger partial charge >= 0.3 is 23.9 Å². The maximum Gasteiger partial charge on any atom is 0.316 e. The van der Waals surface area contributed by atoms with E-state index in [-0.39, 0.29) is 29.6 Å². The van der Waals surface area contributed by atoms with Crippen LogP contribution in [0.4, 0.5) is 0 Å². The molecular formula is C13H12O6. The Hall–Kier alpha value is -1.72. The van der Waals surface area contributed by atoms with E-state index in [1.54, 1.807) is 0 Å². The van der Waals surface area contributed by atoms with Gasteiger partial charge in [-0.25, -0.2) is 0 Å². The van der Waals surface area contributed by atoms with Gasteiger partial charge in [0.2, 0.25) is 0 Å². The van der Waals surface area contributed by atoms with Crippen molar-refractivity contribution in [1.29, 1.82) is 0 Å². The number of fused-ring (bicyclic) bond motifs is 8. The Morgan fingerprint density at radius 1 is 0.684 bits per heavy atom. The summed E-state index contributed by atoms with van der Waals surface area (Å²) in [5.74, 6) is -3.79. The number of hydrogen-bond donors (Lipinski definition) is 0. The van der Waals surface area contributed by atoms with Crippen LogP contribution in [0.5, 0.6) is 0 Å². The first kappa shape index (κ1) is 11.1. The van der Waals surface area contributed by atoms with Crippen LogP contribution in [0.25, 0.3) is 0 Å². The van der Waals surface area contributed by atoms with E-state index in [9.17, 15) is 19.2 Å². The largest absolute Gasteiger partial charge is 0.393 e. The molecule has 0 aromatic heterocycles. The molecule has 0 aromatic rings. The van der Waals surface area contributed by atoms with E-state index >= 15 is 0 Å². The van der Waals surface area contributed by atoms with Crippen LogP contribution in [-0.4, -0.2) is 23.9 Å². The Bertz CT molecular complexity index is 523. The van der Waals surface area contributed by atoms with Gasteiger partial charge in [0.05, 0.1) is 23.7 Å². The minimum Gasteiger partial charge on any atom is -0.393 e. The molecule has 2 saturated heterocycles. The summed E-state index contributed by atoms with van der Waals surface area (Å²) < 4.78 is 9.52. The number of ether oxygens (including phenoxy) is 2. The smallest absolute Gasteiger partial charge is 0.316 e. The SMILES string of the molecule is O=C1OC(=O)C2CC1CC1C3CC(C(=O)OC3=O)C21. The summed E-state index contributed by atoms with van der Waals surface area (Å²) in [6, 6.07) is 0. The lowest BCUT2D eigenvalue weighted by molar-refractivity contribution is -0.180. The second-order valence-corrected chi connectivity index (χ2v) is 5.94. The van der Waals surface area contributed by atoms with Crippen LogP contribution in [0.1, 0.15) is 19.3 Å². The Labute approximate surface area is 108 Å². The average molecular weight is 264 g/mol. The second-order valence-electron chi connectivity index (χ2n) is 5.94. The molecule has 0 aromatic carbocycles. The monoisotopic (exact) mass is 264 g/mol. The normalized spacial score (nSPS) is 47.6. The predicted octanol–water partition coefficient (Wildman–Crippen LogP) is 0.0479. The molecular weight excluding hydrogens is 252 g/mol. The van der Waals surface area contributed by atoms with Gasteiger partial charge < -0.3 is 9.47 Å². The molecule has 2 aliphatic carbocycles. The molecule has 2 heterocycles. The van der Waals surface area contributed by atoms with Crippen LogP contribution < -0.4 is 0 Å². The van der Waals surface area contributed by atoms with E-state index in [1.165, 1.54) is 0 Å². The zero-order valence-electron chi connectivity index (χ0n) is 10.0. The molecule has 4 rings (SSSR count). The zero-order valence-corrected chi connectivity index (χ0v) is 10.0. The van der Waals surface area contributed by atoms with E-state index < -0.39 is 29.8 Å². The first-order valence-corrected chi connectivity index (χ1v) is 6.57. The van der Waals surface area contributed by atoms with Gasteiger partial charge in [0.1, 0.15) is 0 Å². The summed E-state index contributed by atoms with van der Waals surface area (Å²) in [6.45, 7) is 0. The van der Waals surface area contributed by atoms with Crippen molar-refractivity contribution < 1.29 is 28.7 Å². The Morgan fingerprint density at radius 2 is 1.26 bits per heavy atom. The zero-order chi connectivity index (χ0) is 13.3. The van der Waals surface area contributed by atoms with Crippen LogP contribution in [-0.2, 0) is 28.7 Å². The Morgan fingerprint density at radius 3 is 2.00 bits per heavy atom. The van der Waals surface area contributed by atoms with E-state index in [1.807, 2.05) is 0 Å². The molecule has 2 aliphatic heterocycles. The highest BCUT2D eigenvalue weighted by Crippen LogP contribution is 2.57. The summed E-state index contributed by atoms with van der Waals surface area (Å²) in [5.41, 5.74) is 0. The van der Waals surface area contributed by atoms with Crippen molar-refractivity contribution in [2.45, 2.75) is 19.3 Å². The third-order valence-electron chi connectivity index (χ3n) is 5.19. The topological polar surface area (TPSA) is 86.7 Å². The number of carbonyl (C=O) groups excluding carboxylic acids is 4. The van der Waals surface area contributed by atoms with Crippen LogP contribution in [0.3, 0.4) is 0 Å². The molecule has 6 atom stereocenters. The molecule has 0 amide bonds. The lowest BCUT2D eigenvalue weighted by Crippen LogP contribution is -2.47. The molecule has 6 heteroatoms. The van der Waals surface area contributed by atoms with Crippen LogP contribution in [0.15, 0.2) is 0 Å². The standard InChI is InChI=1S/C13H12O6/c14-10-4-1-5-6-3-8(13(17)19-11(6)15)9(5)7(2-4)12(16)18-10/h4-9H,1-3H2. The maximum atomic E-state index is 11.9. The van der Waals surface area contributed by atoms with E-state index in [2.05, 4.69) is 0 Å². The molecule has 4 fully saturated rings. The van der Waals surface area contributed by atoms with Crippen molar-refractivity contribution in [3.05, 3.63) is 0 Å². The highest BCUT2D eigenvalue weighted by molar-refractivity contribution is 5.95. The summed E-state index contributed by atoms with van der Waals surface area (Å²) in [7, 11) is 0. The summed E-state index contributed by atoms with van der Waals surface area (Å²) in [4.78, 5) is 47.0. The summed E-state index contributed by atoms with van der Waals surface area (Å²) in [5, 5.41) is 0. The van der Waals surface area contributed by atoms with Gasteiger partial charge in [0.15, 0.2) is 0 Å². The number of esters is 4. The first-order valence-electron chi connectivity index (χ1n) is 6.57. The average Bonchev–Trinajstić information content (AvgIpc) is 2.70. The highest BCUT2D eigenvalue weighted by atomic mass is 16.6. The van der Waals surface area contributed by atoms with E-state index in [4.69, 9.17) is 9.47 Å². The molecule has 4 bridgehead atoms. The molecule has 19 heavy (non-hydrogen) atoms. The first-order chi connectivity index (χ1) is 9.06. The number of cyclic esters (lactones) is 4. The highest BCUT2D eigenvalue weighted by Gasteiger charge is 2.62. The fraction of sp³-hybridized carbons (Fsp3) is 0.692. The van der Waals surface area contributed by atoms with Gasteiger partial charge in [0.25, 0.3) is 0 Å². The molecule has 2 saturated carbocycles. The summed E-state index contributed by atoms with van der Waals surface area (Å²) >= 11 is 0. The second kappa shape index (κ2) is 3.43. The number of carbonyl (C=O) groups is 4. The quantitative estimate of drug-likeness (QED) is 0.454. The van der Waals surface area contributed by atoms with Gasteiger partial charge in [-0.1, -0.05) is 0 Å². The third-order valence-corrected chi connectivity index (χ3v) is 5.19. The van der Waals surface area contributed by atoms with Crippen molar-refractivity contribution >= 4 is 23.9 Å². The molecule has 0 radical (unpaired) electrons. The van der Waals surface area contributed by atoms with Gasteiger partial charge in [-0.05, 0) is 31.1 Å². The van der Waals surface area contributed by atoms with Crippen molar-refractivity contribution in [1.82, 2.24) is 0 Å². The fourth-order valence-corrected chi connectivity index (χ4v) is 4.44. The molecule has 0 N–H and O–H groups in total. The minimum atomic E-state index is -0.538. The van der Waals surface area contributed by atoms with Crippen LogP contribution in [0.2, 0.25) is 0 Å². The van der Waals surface area contributed by atoms with Crippen molar-refractivity contribution in [3.63, 3.8) is 0 Å². The van der Waals surface area contributed by atoms with Gasteiger partial charge in [-0.15, -0.1) is 0 Å². The maximum absolute atomic E-state index is 11.9. The van der Waals surface area contributed by atoms with Crippen LogP contribution >= 0.6 is 0 Å². The number of hydrogen-bond acceptors (Lipinski definition) is 6. The third kappa shape index (κ3) is 1.31. The van der Waals surface area contributed by atoms with Crippen molar-refractivity contribution in [3.8, 4) is 0 Å². The van der Waals surface area contributed by atoms with E-state index in [0.717, 1.165) is 0 Å². The van der Waals surface area contributed by atoms with Gasteiger partial charge in [0, 0.05) is 0 Å². The minimum absolute atomic E-state index is 0.0931. The fourth-order valence-electron chi connectivity index (χ4n) is 4.44. The van der Waals surface area contributed by atoms with Crippen LogP contribution in [0, 0.1) is 35.5 Å². The number of rotatable bonds is 0. The van der Waals surface area contributed by atoms with E-state index in [0.29, 0.717) is 19.3 Å². The Kier molecular flexibility index (Phi) is 2.01. The summed E-state index contributed by atoms with van der Waals surface area (Å²) in [6.07, 6.45) is 1.43. The van der Waals surface area contributed by atoms with Crippen molar-refractivity contribution in [2.75, 3.05) is 0 Å². The molecule has 0 spiro atoms. The van der Waals surface area contributed by atoms with Crippen molar-refractivity contribution in [2.24, 2.45) is 35.5 Å².